The Morgan fingerprint density at radius 2 is 1.73 bits per heavy atom. The van der Waals surface area contributed by atoms with Crippen molar-refractivity contribution in [2.45, 2.75) is 61.5 Å². The van der Waals surface area contributed by atoms with Crippen molar-refractivity contribution in [2.75, 3.05) is 0 Å². The number of thioether (sulfide) groups is 1. The van der Waals surface area contributed by atoms with E-state index < -0.39 is 57.5 Å². The van der Waals surface area contributed by atoms with Gasteiger partial charge in [-0.2, -0.15) is 0 Å². The normalized spacial score (nSPS) is 22.9. The van der Waals surface area contributed by atoms with Crippen molar-refractivity contribution in [3.8, 4) is 5.75 Å². The average Bonchev–Trinajstić information content (AvgIpc) is 3.10. The molecule has 9 nitrogen and oxygen atoms in total. The summed E-state index contributed by atoms with van der Waals surface area (Å²) < 4.78 is 5.14. The lowest BCUT2D eigenvalue weighted by Gasteiger charge is -2.44. The smallest absolute Gasteiger partial charge is 0.327 e. The fraction of sp³-hybridized carbons (Fsp3) is 0.385. The van der Waals surface area contributed by atoms with Crippen LogP contribution in [0.15, 0.2) is 54.6 Å². The predicted octanol–water partition coefficient (Wildman–Crippen LogP) is 2.99. The maximum atomic E-state index is 13.4. The van der Waals surface area contributed by atoms with Gasteiger partial charge in [-0.25, -0.2) is 4.79 Å². The van der Waals surface area contributed by atoms with Crippen LogP contribution in [-0.4, -0.2) is 61.5 Å². The van der Waals surface area contributed by atoms with E-state index in [-0.39, 0.29) is 0 Å². The summed E-state index contributed by atoms with van der Waals surface area (Å²) in [5.74, 6) is -2.25. The highest BCUT2D eigenvalue weighted by Gasteiger charge is 2.64. The number of carbonyl (C=O) groups excluding carboxylic acids is 3. The van der Waals surface area contributed by atoms with E-state index in [2.05, 4.69) is 10.6 Å². The Labute approximate surface area is 223 Å². The van der Waals surface area contributed by atoms with Crippen LogP contribution in [0.2, 0.25) is 5.02 Å². The monoisotopic (exact) mass is 545 g/mol. The number of nitrogens with one attached hydrogen (secondary N) is 2. The van der Waals surface area contributed by atoms with Gasteiger partial charge < -0.3 is 25.4 Å². The van der Waals surface area contributed by atoms with Gasteiger partial charge in [0.25, 0.3) is 5.91 Å². The van der Waals surface area contributed by atoms with Crippen LogP contribution >= 0.6 is 23.4 Å². The van der Waals surface area contributed by atoms with Crippen molar-refractivity contribution in [1.82, 2.24) is 15.5 Å². The summed E-state index contributed by atoms with van der Waals surface area (Å²) in [7, 11) is 0. The highest BCUT2D eigenvalue weighted by molar-refractivity contribution is 8.01. The number of halogens is 1. The minimum atomic E-state index is -1.34. The molecule has 2 heterocycles. The van der Waals surface area contributed by atoms with E-state index in [4.69, 9.17) is 16.3 Å². The number of ether oxygens (including phenoxy) is 1. The van der Waals surface area contributed by atoms with Crippen LogP contribution in [0.3, 0.4) is 0 Å². The lowest BCUT2D eigenvalue weighted by atomic mass is 9.95. The first-order valence-corrected chi connectivity index (χ1v) is 12.9. The number of fused-ring (bicyclic) bond motifs is 1. The van der Waals surface area contributed by atoms with E-state index in [1.807, 2.05) is 0 Å². The van der Waals surface area contributed by atoms with Gasteiger partial charge in [0.1, 0.15) is 29.2 Å². The van der Waals surface area contributed by atoms with Crippen LogP contribution < -0.4 is 15.4 Å². The molecule has 196 valence electrons. The van der Waals surface area contributed by atoms with Crippen molar-refractivity contribution >= 4 is 47.1 Å². The van der Waals surface area contributed by atoms with Gasteiger partial charge in [0.2, 0.25) is 11.8 Å². The Bertz CT molecular complexity index is 1220. The number of hydrogen-bond donors (Lipinski definition) is 3. The lowest BCUT2D eigenvalue weighted by Crippen LogP contribution is -2.71. The Morgan fingerprint density at radius 3 is 2.32 bits per heavy atom. The minimum Gasteiger partial charge on any atom is -0.480 e. The molecule has 11 heteroatoms. The predicted molar refractivity (Wildman–Crippen MR) is 139 cm³/mol. The fourth-order valence-electron chi connectivity index (χ4n) is 4.48. The molecule has 0 aromatic heterocycles. The zero-order valence-corrected chi connectivity index (χ0v) is 22.3. The van der Waals surface area contributed by atoms with Crippen molar-refractivity contribution in [3.63, 3.8) is 0 Å². The van der Waals surface area contributed by atoms with Gasteiger partial charge in [-0.15, -0.1) is 11.8 Å². The molecule has 3 amide bonds. The first-order chi connectivity index (χ1) is 17.3. The zero-order valence-electron chi connectivity index (χ0n) is 20.7. The maximum absolute atomic E-state index is 13.4. The second-order valence-electron chi connectivity index (χ2n) is 9.97. The lowest BCUT2D eigenvalue weighted by molar-refractivity contribution is -0.161. The summed E-state index contributed by atoms with van der Waals surface area (Å²) >= 11 is 7.25. The van der Waals surface area contributed by atoms with Crippen LogP contribution in [0.5, 0.6) is 5.75 Å². The molecule has 0 aliphatic carbocycles. The topological polar surface area (TPSA) is 125 Å². The second-order valence-corrected chi connectivity index (χ2v) is 12.2. The van der Waals surface area contributed by atoms with E-state index in [1.165, 1.54) is 16.7 Å². The van der Waals surface area contributed by atoms with Crippen molar-refractivity contribution in [2.24, 2.45) is 0 Å². The quantitative estimate of drug-likeness (QED) is 0.435. The van der Waals surface area contributed by atoms with Crippen LogP contribution in [0.4, 0.5) is 0 Å². The van der Waals surface area contributed by atoms with Crippen LogP contribution in [-0.2, 0) is 19.2 Å². The summed E-state index contributed by atoms with van der Waals surface area (Å²) in [5, 5.41) is 15.1. The van der Waals surface area contributed by atoms with Crippen molar-refractivity contribution < 1.29 is 29.0 Å². The Balaban J connectivity index is 1.51. The Kier molecular flexibility index (Phi) is 7.18. The third kappa shape index (κ3) is 5.26. The highest BCUT2D eigenvalue weighted by atomic mass is 35.5. The van der Waals surface area contributed by atoms with Gasteiger partial charge in [-0.3, -0.25) is 14.4 Å². The van der Waals surface area contributed by atoms with Crippen molar-refractivity contribution in [1.29, 1.82) is 0 Å². The second kappa shape index (κ2) is 9.90. The van der Waals surface area contributed by atoms with Gasteiger partial charge in [-0.1, -0.05) is 41.9 Å². The molecule has 4 unspecified atom stereocenters. The van der Waals surface area contributed by atoms with E-state index >= 15 is 0 Å². The van der Waals surface area contributed by atoms with Gasteiger partial charge in [0.05, 0.1) is 0 Å². The van der Waals surface area contributed by atoms with Gasteiger partial charge >= 0.3 is 5.97 Å². The van der Waals surface area contributed by atoms with E-state index in [9.17, 15) is 24.3 Å². The largest absolute Gasteiger partial charge is 0.480 e. The molecule has 4 atom stereocenters. The molecule has 2 aliphatic rings. The van der Waals surface area contributed by atoms with Gasteiger partial charge in [0, 0.05) is 9.77 Å². The first-order valence-electron chi connectivity index (χ1n) is 11.7. The van der Waals surface area contributed by atoms with E-state index in [0.717, 1.165) is 0 Å². The SMILES string of the molecule is CC(C)(Oc1ccc(Cl)cc1)C(=O)NC(C(=O)NC1C(=O)N2C1SC(C)(C)C2C(=O)O)c1ccccc1. The molecular weight excluding hydrogens is 518 g/mol. The Morgan fingerprint density at radius 1 is 1.11 bits per heavy atom. The van der Waals surface area contributed by atoms with Crippen LogP contribution in [0.25, 0.3) is 0 Å². The van der Waals surface area contributed by atoms with Crippen LogP contribution in [0.1, 0.15) is 39.3 Å². The third-order valence-corrected chi connectivity index (χ3v) is 8.20. The number of β-lactam (4-membered cyclic amide) rings is 1. The molecule has 2 saturated heterocycles. The zero-order chi connectivity index (χ0) is 27.1. The molecule has 0 saturated carbocycles. The summed E-state index contributed by atoms with van der Waals surface area (Å²) in [6.45, 7) is 6.68. The van der Waals surface area contributed by atoms with Gasteiger partial charge in [0.15, 0.2) is 5.60 Å². The number of nitrogens with zero attached hydrogens (tertiary/aromatic N) is 1. The number of hydrogen-bond acceptors (Lipinski definition) is 6. The number of carboxylic acids is 1. The number of carboxylic acid groups (broad SMARTS) is 1. The molecule has 2 aliphatic heterocycles. The molecule has 37 heavy (non-hydrogen) atoms. The third-order valence-electron chi connectivity index (χ3n) is 6.38. The standard InChI is InChI=1S/C26H28ClN3O6S/c1-25(2,36-16-12-10-15(27)11-13-16)24(35)29-17(14-8-6-5-7-9-14)20(31)28-18-21(32)30-19(23(33)34)26(3,4)37-22(18)30/h5-13,17-19,22H,1-4H3,(H,28,31)(H,29,35)(H,33,34). The molecule has 2 aromatic rings. The molecule has 2 fully saturated rings. The fourth-order valence-corrected chi connectivity index (χ4v) is 6.23. The molecule has 2 aromatic carbocycles. The van der Waals surface area contributed by atoms with Crippen molar-refractivity contribution in [3.05, 3.63) is 65.2 Å². The summed E-state index contributed by atoms with van der Waals surface area (Å²) in [6, 6.07) is 12.2. The van der Waals surface area contributed by atoms with E-state index in [0.29, 0.717) is 16.3 Å². The maximum Gasteiger partial charge on any atom is 0.327 e. The molecule has 4 rings (SSSR count). The highest BCUT2D eigenvalue weighted by Crippen LogP contribution is 2.50. The first kappa shape index (κ1) is 26.8. The number of benzene rings is 2. The van der Waals surface area contributed by atoms with Crippen LogP contribution in [0, 0.1) is 0 Å². The molecule has 0 radical (unpaired) electrons. The number of rotatable bonds is 8. The molecule has 0 spiro atoms. The van der Waals surface area contributed by atoms with Gasteiger partial charge in [-0.05, 0) is 57.5 Å². The molecule has 3 N–H and O–H groups in total. The number of aliphatic carboxylic acids is 1. The minimum absolute atomic E-state index is 0.430. The average molecular weight is 546 g/mol. The number of carbonyl (C=O) groups is 4. The Hall–Kier alpha value is -3.24. The van der Waals surface area contributed by atoms with E-state index in [1.54, 1.807) is 82.3 Å². The summed E-state index contributed by atoms with van der Waals surface area (Å²) in [5.41, 5.74) is -0.827. The molecule has 0 bridgehead atoms. The number of amides is 3. The summed E-state index contributed by atoms with van der Waals surface area (Å²) in [4.78, 5) is 52.6. The summed E-state index contributed by atoms with van der Waals surface area (Å²) in [6.07, 6.45) is 0. The molecular formula is C26H28ClN3O6S.